The van der Waals surface area contributed by atoms with Crippen LogP contribution in [0.4, 0.5) is 5.69 Å². The highest BCUT2D eigenvalue weighted by Crippen LogP contribution is 2.19. The summed E-state index contributed by atoms with van der Waals surface area (Å²) >= 11 is 1.16. The van der Waals surface area contributed by atoms with E-state index in [4.69, 9.17) is 4.74 Å². The molecule has 1 aromatic heterocycles. The van der Waals surface area contributed by atoms with Crippen LogP contribution in [0.1, 0.15) is 0 Å². The lowest BCUT2D eigenvalue weighted by Gasteiger charge is -2.32. The average molecular weight is 352 g/mol. The number of carbonyl (C=O) groups is 1. The molecule has 1 N–H and O–H groups in total. The molecule has 8 heteroatoms. The van der Waals surface area contributed by atoms with E-state index in [0.717, 1.165) is 17.0 Å². The number of thiophene rings is 1. The summed E-state index contributed by atoms with van der Waals surface area (Å²) in [5.74, 6) is -0.131. The number of sulfonamides is 1. The maximum atomic E-state index is 12.1. The molecule has 1 saturated heterocycles. The molecule has 1 fully saturated rings. The van der Waals surface area contributed by atoms with Gasteiger partial charge >= 0.3 is 0 Å². The largest absolute Gasteiger partial charge is 0.365 e. The first kappa shape index (κ1) is 16.1. The topological polar surface area (TPSA) is 75.7 Å². The third-order valence-corrected chi connectivity index (χ3v) is 6.28. The van der Waals surface area contributed by atoms with E-state index in [-0.39, 0.29) is 29.4 Å². The molecule has 0 bridgehead atoms. The van der Waals surface area contributed by atoms with Crippen molar-refractivity contribution in [3.05, 3.63) is 47.8 Å². The van der Waals surface area contributed by atoms with Crippen molar-refractivity contribution in [2.45, 2.75) is 10.3 Å². The SMILES string of the molecule is O=C1COC(CNS(=O)(=O)c2cccs2)CN1c1ccccc1. The van der Waals surface area contributed by atoms with Gasteiger partial charge in [0.05, 0.1) is 12.6 Å². The Labute approximate surface area is 138 Å². The molecular formula is C15H16N2O4S2. The van der Waals surface area contributed by atoms with E-state index in [2.05, 4.69) is 4.72 Å². The minimum Gasteiger partial charge on any atom is -0.365 e. The lowest BCUT2D eigenvalue weighted by atomic mass is 10.2. The van der Waals surface area contributed by atoms with Gasteiger partial charge in [0.2, 0.25) is 10.0 Å². The fraction of sp³-hybridized carbons (Fsp3) is 0.267. The molecule has 0 radical (unpaired) electrons. The molecule has 0 saturated carbocycles. The zero-order valence-corrected chi connectivity index (χ0v) is 13.8. The fourth-order valence-corrected chi connectivity index (χ4v) is 4.40. The Morgan fingerprint density at radius 2 is 2.00 bits per heavy atom. The molecule has 1 aliphatic heterocycles. The van der Waals surface area contributed by atoms with Crippen LogP contribution < -0.4 is 9.62 Å². The molecule has 6 nitrogen and oxygen atoms in total. The van der Waals surface area contributed by atoms with Gasteiger partial charge in [-0.2, -0.15) is 0 Å². The Morgan fingerprint density at radius 1 is 1.22 bits per heavy atom. The summed E-state index contributed by atoms with van der Waals surface area (Å²) in [5, 5.41) is 1.71. The van der Waals surface area contributed by atoms with Gasteiger partial charge in [0, 0.05) is 12.2 Å². The average Bonchev–Trinajstić information content (AvgIpc) is 3.10. The standard InChI is InChI=1S/C15H16N2O4S2/c18-14-11-21-13(10-17(14)12-5-2-1-3-6-12)9-16-23(19,20)15-7-4-8-22-15/h1-8,13,16H,9-11H2. The highest BCUT2D eigenvalue weighted by Gasteiger charge is 2.28. The van der Waals surface area contributed by atoms with Crippen LogP contribution in [0.2, 0.25) is 0 Å². The van der Waals surface area contributed by atoms with E-state index in [1.807, 2.05) is 30.3 Å². The Hall–Kier alpha value is -1.74. The van der Waals surface area contributed by atoms with Crippen LogP contribution in [0, 0.1) is 0 Å². The molecule has 1 amide bonds. The molecule has 23 heavy (non-hydrogen) atoms. The number of hydrogen-bond donors (Lipinski definition) is 1. The molecule has 3 rings (SSSR count). The first-order chi connectivity index (χ1) is 11.1. The number of benzene rings is 1. The maximum Gasteiger partial charge on any atom is 0.253 e. The zero-order chi connectivity index (χ0) is 16.3. The van der Waals surface area contributed by atoms with Crippen molar-refractivity contribution in [3.8, 4) is 0 Å². The van der Waals surface area contributed by atoms with Crippen LogP contribution in [-0.2, 0) is 19.6 Å². The number of amides is 1. The van der Waals surface area contributed by atoms with E-state index in [9.17, 15) is 13.2 Å². The van der Waals surface area contributed by atoms with Crippen molar-refractivity contribution in [1.29, 1.82) is 0 Å². The van der Waals surface area contributed by atoms with Gasteiger partial charge in [-0.1, -0.05) is 24.3 Å². The summed E-state index contributed by atoms with van der Waals surface area (Å²) in [6.07, 6.45) is -0.386. The quantitative estimate of drug-likeness (QED) is 0.884. The molecule has 2 aromatic rings. The van der Waals surface area contributed by atoms with Crippen molar-refractivity contribution < 1.29 is 17.9 Å². The predicted octanol–water partition coefficient (Wildman–Crippen LogP) is 1.46. The summed E-state index contributed by atoms with van der Waals surface area (Å²) in [5.41, 5.74) is 0.784. The van der Waals surface area contributed by atoms with E-state index in [1.165, 1.54) is 0 Å². The predicted molar refractivity (Wildman–Crippen MR) is 88.0 cm³/mol. The van der Waals surface area contributed by atoms with Gasteiger partial charge in [-0.3, -0.25) is 4.79 Å². The fourth-order valence-electron chi connectivity index (χ4n) is 2.30. The monoisotopic (exact) mass is 352 g/mol. The van der Waals surface area contributed by atoms with Gasteiger partial charge in [0.25, 0.3) is 5.91 Å². The second-order valence-corrected chi connectivity index (χ2v) is 8.00. The number of para-hydroxylation sites is 1. The third kappa shape index (κ3) is 3.78. The van der Waals surface area contributed by atoms with E-state index >= 15 is 0 Å². The van der Waals surface area contributed by atoms with Gasteiger partial charge in [-0.05, 0) is 23.6 Å². The van der Waals surface area contributed by atoms with Crippen molar-refractivity contribution in [3.63, 3.8) is 0 Å². The van der Waals surface area contributed by atoms with Crippen molar-refractivity contribution in [2.24, 2.45) is 0 Å². The zero-order valence-electron chi connectivity index (χ0n) is 12.2. The first-order valence-electron chi connectivity index (χ1n) is 7.06. The molecule has 1 unspecified atom stereocenters. The Bertz CT molecular complexity index is 760. The maximum absolute atomic E-state index is 12.1. The summed E-state index contributed by atoms with van der Waals surface area (Å²) in [4.78, 5) is 13.6. The molecule has 1 aliphatic rings. The highest BCUT2D eigenvalue weighted by atomic mass is 32.2. The molecule has 0 spiro atoms. The summed E-state index contributed by atoms with van der Waals surface area (Å²) in [7, 11) is -3.53. The first-order valence-corrected chi connectivity index (χ1v) is 9.43. The van der Waals surface area contributed by atoms with Crippen LogP contribution in [0.15, 0.2) is 52.1 Å². The molecule has 122 valence electrons. The lowest BCUT2D eigenvalue weighted by Crippen LogP contribution is -2.50. The van der Waals surface area contributed by atoms with Crippen LogP contribution in [0.25, 0.3) is 0 Å². The summed E-state index contributed by atoms with van der Waals surface area (Å²) in [6, 6.07) is 12.5. The lowest BCUT2D eigenvalue weighted by molar-refractivity contribution is -0.129. The second kappa shape index (κ2) is 6.79. The van der Waals surface area contributed by atoms with Crippen LogP contribution >= 0.6 is 11.3 Å². The van der Waals surface area contributed by atoms with Gasteiger partial charge in [0.15, 0.2) is 0 Å². The van der Waals surface area contributed by atoms with E-state index in [1.54, 1.807) is 22.4 Å². The number of morpholine rings is 1. The van der Waals surface area contributed by atoms with E-state index in [0.29, 0.717) is 6.54 Å². The number of anilines is 1. The number of hydrogen-bond acceptors (Lipinski definition) is 5. The number of carbonyl (C=O) groups excluding carboxylic acids is 1. The molecule has 0 aliphatic carbocycles. The van der Waals surface area contributed by atoms with Crippen LogP contribution in [0.3, 0.4) is 0 Å². The van der Waals surface area contributed by atoms with Crippen molar-refractivity contribution in [2.75, 3.05) is 24.6 Å². The van der Waals surface area contributed by atoms with Crippen LogP contribution in [-0.4, -0.2) is 40.1 Å². The number of nitrogens with one attached hydrogen (secondary N) is 1. The smallest absolute Gasteiger partial charge is 0.253 e. The highest BCUT2D eigenvalue weighted by molar-refractivity contribution is 7.91. The van der Waals surface area contributed by atoms with Gasteiger partial charge in [-0.25, -0.2) is 13.1 Å². The van der Waals surface area contributed by atoms with E-state index < -0.39 is 10.0 Å². The van der Waals surface area contributed by atoms with Gasteiger partial charge < -0.3 is 9.64 Å². The molecule has 1 atom stereocenters. The second-order valence-electron chi connectivity index (χ2n) is 5.06. The number of rotatable bonds is 5. The minimum absolute atomic E-state index is 0.0553. The van der Waals surface area contributed by atoms with Crippen LogP contribution in [0.5, 0.6) is 0 Å². The Balaban J connectivity index is 1.64. The van der Waals surface area contributed by atoms with Crippen molar-refractivity contribution >= 4 is 33.0 Å². The van der Waals surface area contributed by atoms with Gasteiger partial charge in [0.1, 0.15) is 10.8 Å². The molecular weight excluding hydrogens is 336 g/mol. The number of nitrogens with zero attached hydrogens (tertiary/aromatic N) is 1. The number of ether oxygens (including phenoxy) is 1. The third-order valence-electron chi connectivity index (χ3n) is 3.46. The molecule has 2 heterocycles. The van der Waals surface area contributed by atoms with Crippen molar-refractivity contribution in [1.82, 2.24) is 4.72 Å². The Kier molecular flexibility index (Phi) is 4.76. The summed E-state index contributed by atoms with van der Waals surface area (Å²) < 4.78 is 32.5. The molecule has 1 aromatic carbocycles. The normalized spacial score (nSPS) is 19.0. The Morgan fingerprint density at radius 3 is 2.70 bits per heavy atom. The van der Waals surface area contributed by atoms with Gasteiger partial charge in [-0.15, -0.1) is 11.3 Å². The minimum atomic E-state index is -3.53. The summed E-state index contributed by atoms with van der Waals surface area (Å²) in [6.45, 7) is 0.382.